The van der Waals surface area contributed by atoms with E-state index in [9.17, 15) is 0 Å². The van der Waals surface area contributed by atoms with Crippen LogP contribution in [0.3, 0.4) is 0 Å². The smallest absolute Gasteiger partial charge is 0.0288 e. The topological polar surface area (TPSA) is 0 Å². The van der Waals surface area contributed by atoms with Gasteiger partial charge >= 0.3 is 0 Å². The Kier molecular flexibility index (Phi) is 17.1. The predicted octanol–water partition coefficient (Wildman–Crippen LogP) is 7.99. The van der Waals surface area contributed by atoms with Crippen LogP contribution in [0.25, 0.3) is 0 Å². The Hall–Kier alpha value is -0.520. The van der Waals surface area contributed by atoms with Crippen molar-refractivity contribution >= 4 is 0 Å². The summed E-state index contributed by atoms with van der Waals surface area (Å²) in [5, 5.41) is 0. The normalized spacial score (nSPS) is 12.4. The molecule has 0 saturated carbocycles. The van der Waals surface area contributed by atoms with E-state index in [2.05, 4.69) is 39.0 Å². The third kappa shape index (κ3) is 17.4. The van der Waals surface area contributed by atoms with Gasteiger partial charge in [0.05, 0.1) is 0 Å². The van der Waals surface area contributed by atoms with Crippen molar-refractivity contribution in [1.29, 1.82) is 0 Å². The lowest BCUT2D eigenvalue weighted by Gasteiger charge is -2.00. The van der Waals surface area contributed by atoms with E-state index in [1.165, 1.54) is 89.9 Å². The Balaban J connectivity index is 3.36. The van der Waals surface area contributed by atoms with Crippen LogP contribution in [0.1, 0.15) is 111 Å². The molecule has 0 aliphatic heterocycles. The van der Waals surface area contributed by atoms with E-state index in [0.717, 1.165) is 0 Å². The van der Waals surface area contributed by atoms with Crippen LogP contribution < -0.4 is 0 Å². The first-order chi connectivity index (χ1) is 10.3. The van der Waals surface area contributed by atoms with Crippen LogP contribution in [0.4, 0.5) is 0 Å². The van der Waals surface area contributed by atoms with E-state index in [4.69, 9.17) is 0 Å². The Bertz CT molecular complexity index is 247. The Morgan fingerprint density at radius 3 is 1.76 bits per heavy atom. The number of hydrogen-bond acceptors (Lipinski definition) is 0. The first kappa shape index (κ1) is 20.5. The fourth-order valence-corrected chi connectivity index (χ4v) is 2.61. The third-order valence-corrected chi connectivity index (χ3v) is 4.15. The molecule has 0 aliphatic rings. The zero-order chi connectivity index (χ0) is 15.6. The lowest BCUT2D eigenvalue weighted by Crippen LogP contribution is -1.80. The maximum absolute atomic E-state index is 2.46. The predicted molar refractivity (Wildman–Crippen MR) is 98.9 cm³/mol. The molecule has 0 radical (unpaired) electrons. The maximum atomic E-state index is 2.46. The first-order valence-electron chi connectivity index (χ1n) is 9.61. The van der Waals surface area contributed by atoms with E-state index in [0.29, 0.717) is 0 Å². The van der Waals surface area contributed by atoms with Crippen LogP contribution in [0.5, 0.6) is 0 Å². The Labute approximate surface area is 135 Å². The second kappa shape index (κ2) is 17.5. The molecular formula is C21H40. The number of unbranched alkanes of at least 4 members (excludes halogenated alkanes) is 10. The van der Waals surface area contributed by atoms with Crippen molar-refractivity contribution in [3.8, 4) is 0 Å². The van der Waals surface area contributed by atoms with Crippen LogP contribution in [-0.4, -0.2) is 0 Å². The van der Waals surface area contributed by atoms with Gasteiger partial charge in [0, 0.05) is 0 Å². The van der Waals surface area contributed by atoms with Gasteiger partial charge in [-0.25, -0.2) is 0 Å². The minimum atomic E-state index is 1.23. The molecule has 0 spiro atoms. The molecule has 0 heterocycles. The van der Waals surface area contributed by atoms with Crippen molar-refractivity contribution in [2.24, 2.45) is 0 Å². The summed E-state index contributed by atoms with van der Waals surface area (Å²) in [6.07, 6.45) is 26.2. The molecule has 124 valence electrons. The molecule has 21 heavy (non-hydrogen) atoms. The second-order valence-corrected chi connectivity index (χ2v) is 6.47. The van der Waals surface area contributed by atoms with Gasteiger partial charge in [0.25, 0.3) is 0 Å². The summed E-state index contributed by atoms with van der Waals surface area (Å²) in [5.41, 5.74) is 1.58. The molecule has 0 unspecified atom stereocenters. The average molecular weight is 293 g/mol. The molecule has 0 saturated heterocycles. The summed E-state index contributed by atoms with van der Waals surface area (Å²) in [6.45, 7) is 6.86. The van der Waals surface area contributed by atoms with Gasteiger partial charge in [-0.3, -0.25) is 0 Å². The van der Waals surface area contributed by atoms with Crippen molar-refractivity contribution in [2.75, 3.05) is 0 Å². The maximum Gasteiger partial charge on any atom is -0.0288 e. The van der Waals surface area contributed by atoms with Gasteiger partial charge in [-0.15, -0.1) is 0 Å². The molecule has 0 aromatic carbocycles. The van der Waals surface area contributed by atoms with Gasteiger partial charge in [-0.1, -0.05) is 89.0 Å². The molecule has 0 amide bonds. The molecular weight excluding hydrogens is 252 g/mol. The van der Waals surface area contributed by atoms with E-state index >= 15 is 0 Å². The summed E-state index contributed by atoms with van der Waals surface area (Å²) in [4.78, 5) is 0. The van der Waals surface area contributed by atoms with Crippen LogP contribution in [-0.2, 0) is 0 Å². The largest absolute Gasteiger partial charge is 0.0885 e. The third-order valence-electron chi connectivity index (χ3n) is 4.15. The van der Waals surface area contributed by atoms with Gasteiger partial charge in [0.1, 0.15) is 0 Å². The highest BCUT2D eigenvalue weighted by atomic mass is 14.0. The Morgan fingerprint density at radius 2 is 1.14 bits per heavy atom. The molecule has 0 heteroatoms. The molecule has 0 fully saturated rings. The minimum absolute atomic E-state index is 1.23. The van der Waals surface area contributed by atoms with Gasteiger partial charge in [-0.2, -0.15) is 0 Å². The standard InChI is InChI=1S/C21H40/c1-4-6-8-10-12-13-14-16-18-20-21(3)19-17-15-11-9-7-5-2/h14,16,19H,4-13,15,17-18,20H2,1-3H3/b16-14-,21-19-. The molecule has 0 rings (SSSR count). The van der Waals surface area contributed by atoms with E-state index in [1.807, 2.05) is 0 Å². The van der Waals surface area contributed by atoms with Crippen LogP contribution in [0.2, 0.25) is 0 Å². The fourth-order valence-electron chi connectivity index (χ4n) is 2.61. The van der Waals surface area contributed by atoms with Crippen LogP contribution in [0, 0.1) is 0 Å². The summed E-state index contributed by atoms with van der Waals surface area (Å²) < 4.78 is 0. The molecule has 0 aromatic rings. The monoisotopic (exact) mass is 292 g/mol. The SMILES string of the molecule is CCCCCCC/C=C\CC/C(C)=C\CCCCCCC. The fraction of sp³-hybridized carbons (Fsp3) is 0.810. The second-order valence-electron chi connectivity index (χ2n) is 6.47. The number of rotatable bonds is 15. The lowest BCUT2D eigenvalue weighted by molar-refractivity contribution is 0.636. The minimum Gasteiger partial charge on any atom is -0.0885 e. The molecule has 0 N–H and O–H groups in total. The summed E-state index contributed by atoms with van der Waals surface area (Å²) >= 11 is 0. The van der Waals surface area contributed by atoms with E-state index in [-0.39, 0.29) is 0 Å². The zero-order valence-electron chi connectivity index (χ0n) is 15.1. The van der Waals surface area contributed by atoms with Gasteiger partial charge in [0.15, 0.2) is 0 Å². The lowest BCUT2D eigenvalue weighted by atomic mass is 10.1. The van der Waals surface area contributed by atoms with E-state index in [1.54, 1.807) is 5.57 Å². The number of allylic oxidation sites excluding steroid dienone is 4. The molecule has 0 bridgehead atoms. The highest BCUT2D eigenvalue weighted by Crippen LogP contribution is 2.11. The first-order valence-corrected chi connectivity index (χ1v) is 9.61. The van der Waals surface area contributed by atoms with Crippen molar-refractivity contribution in [1.82, 2.24) is 0 Å². The van der Waals surface area contributed by atoms with Gasteiger partial charge in [0.2, 0.25) is 0 Å². The highest BCUT2D eigenvalue weighted by Gasteiger charge is 1.91. The summed E-state index contributed by atoms with van der Waals surface area (Å²) in [7, 11) is 0. The molecule has 0 aliphatic carbocycles. The average Bonchev–Trinajstić information content (AvgIpc) is 2.49. The van der Waals surface area contributed by atoms with Crippen molar-refractivity contribution in [3.05, 3.63) is 23.8 Å². The van der Waals surface area contributed by atoms with Gasteiger partial charge < -0.3 is 0 Å². The molecule has 0 nitrogen and oxygen atoms in total. The Morgan fingerprint density at radius 1 is 0.619 bits per heavy atom. The molecule has 0 atom stereocenters. The van der Waals surface area contributed by atoms with Crippen molar-refractivity contribution in [3.63, 3.8) is 0 Å². The van der Waals surface area contributed by atoms with Crippen molar-refractivity contribution in [2.45, 2.75) is 111 Å². The zero-order valence-corrected chi connectivity index (χ0v) is 15.1. The highest BCUT2D eigenvalue weighted by molar-refractivity contribution is 4.99. The molecule has 0 aromatic heterocycles. The number of hydrogen-bond donors (Lipinski definition) is 0. The summed E-state index contributed by atoms with van der Waals surface area (Å²) in [5.74, 6) is 0. The van der Waals surface area contributed by atoms with Crippen molar-refractivity contribution < 1.29 is 0 Å². The van der Waals surface area contributed by atoms with Gasteiger partial charge in [-0.05, 0) is 45.4 Å². The van der Waals surface area contributed by atoms with Crippen LogP contribution >= 0.6 is 0 Å². The van der Waals surface area contributed by atoms with Crippen LogP contribution in [0.15, 0.2) is 23.8 Å². The quantitative estimate of drug-likeness (QED) is 0.212. The van der Waals surface area contributed by atoms with E-state index < -0.39 is 0 Å². The summed E-state index contributed by atoms with van der Waals surface area (Å²) in [6, 6.07) is 0.